The standard InChI is InChI=1S/C27H28ClFN4O3/c1-4-35-25(34)11-8-19-6-5-7-20(12-19)22-14-30-27(31-21-9-10-24(29)23(28)13-21)32-26(22)33-15-17(2)36-18(3)16-33/h5-14,17-18H,4,15-16H2,1-3H3,(H,30,31,32)/b11-8+. The fraction of sp³-hybridized carbons (Fsp3) is 0.296. The van der Waals surface area contributed by atoms with E-state index in [4.69, 9.17) is 26.1 Å². The van der Waals surface area contributed by atoms with Crippen LogP contribution in [-0.4, -0.2) is 47.8 Å². The number of nitrogens with one attached hydrogen (secondary N) is 1. The molecule has 3 aromatic rings. The Balaban J connectivity index is 1.70. The number of nitrogens with zero attached hydrogens (tertiary/aromatic N) is 3. The van der Waals surface area contributed by atoms with Gasteiger partial charge in [-0.15, -0.1) is 0 Å². The summed E-state index contributed by atoms with van der Waals surface area (Å²) in [6.07, 6.45) is 4.95. The molecule has 4 rings (SSSR count). The zero-order valence-electron chi connectivity index (χ0n) is 20.4. The molecule has 1 saturated heterocycles. The van der Waals surface area contributed by atoms with Gasteiger partial charge in [-0.05, 0) is 62.2 Å². The summed E-state index contributed by atoms with van der Waals surface area (Å²) in [5.74, 6) is 0.225. The summed E-state index contributed by atoms with van der Waals surface area (Å²) in [5.41, 5.74) is 3.16. The van der Waals surface area contributed by atoms with Crippen LogP contribution in [0.3, 0.4) is 0 Å². The molecule has 0 bridgehead atoms. The second-order valence-electron chi connectivity index (χ2n) is 8.56. The summed E-state index contributed by atoms with van der Waals surface area (Å²) in [5, 5.41) is 3.13. The van der Waals surface area contributed by atoms with E-state index in [-0.39, 0.29) is 23.2 Å². The summed E-state index contributed by atoms with van der Waals surface area (Å²) in [4.78, 5) is 23.3. The highest BCUT2D eigenvalue weighted by atomic mass is 35.5. The second-order valence-corrected chi connectivity index (χ2v) is 8.97. The average Bonchev–Trinajstić information content (AvgIpc) is 2.85. The Morgan fingerprint density at radius 3 is 2.75 bits per heavy atom. The molecule has 36 heavy (non-hydrogen) atoms. The van der Waals surface area contributed by atoms with Gasteiger partial charge in [-0.25, -0.2) is 14.2 Å². The first kappa shape index (κ1) is 25.6. The lowest BCUT2D eigenvalue weighted by Gasteiger charge is -2.37. The lowest BCUT2D eigenvalue weighted by atomic mass is 10.0. The van der Waals surface area contributed by atoms with Gasteiger partial charge in [0.25, 0.3) is 0 Å². The average molecular weight is 511 g/mol. The number of hydrogen-bond donors (Lipinski definition) is 1. The first-order valence-corrected chi connectivity index (χ1v) is 12.1. The van der Waals surface area contributed by atoms with Crippen LogP contribution < -0.4 is 10.2 Å². The van der Waals surface area contributed by atoms with E-state index in [9.17, 15) is 9.18 Å². The van der Waals surface area contributed by atoms with Crippen LogP contribution in [0.5, 0.6) is 0 Å². The zero-order valence-corrected chi connectivity index (χ0v) is 21.1. The number of morpholine rings is 1. The molecular formula is C27H28ClFN4O3. The predicted octanol–water partition coefficient (Wildman–Crippen LogP) is 5.87. The number of carbonyl (C=O) groups is 1. The van der Waals surface area contributed by atoms with Crippen molar-refractivity contribution in [1.82, 2.24) is 9.97 Å². The van der Waals surface area contributed by atoms with Gasteiger partial charge in [0.05, 0.1) is 23.8 Å². The molecule has 2 heterocycles. The highest BCUT2D eigenvalue weighted by Crippen LogP contribution is 2.33. The van der Waals surface area contributed by atoms with E-state index in [0.717, 1.165) is 22.5 Å². The third-order valence-electron chi connectivity index (χ3n) is 5.56. The maximum absolute atomic E-state index is 13.6. The Kier molecular flexibility index (Phi) is 8.18. The van der Waals surface area contributed by atoms with Crippen LogP contribution in [-0.2, 0) is 14.3 Å². The zero-order chi connectivity index (χ0) is 25.7. The molecular weight excluding hydrogens is 483 g/mol. The van der Waals surface area contributed by atoms with Crippen LogP contribution >= 0.6 is 11.6 Å². The van der Waals surface area contributed by atoms with Crippen LogP contribution in [0.4, 0.5) is 21.8 Å². The van der Waals surface area contributed by atoms with Crippen molar-refractivity contribution in [3.8, 4) is 11.1 Å². The van der Waals surface area contributed by atoms with Gasteiger partial charge in [0.2, 0.25) is 5.95 Å². The SMILES string of the molecule is CCOC(=O)/C=C/c1cccc(-c2cnc(Nc3ccc(F)c(Cl)c3)nc2N2CC(C)OC(C)C2)c1. The fourth-order valence-corrected chi connectivity index (χ4v) is 4.28. The van der Waals surface area contributed by atoms with Crippen molar-refractivity contribution in [2.24, 2.45) is 0 Å². The van der Waals surface area contributed by atoms with Gasteiger partial charge in [-0.2, -0.15) is 4.98 Å². The van der Waals surface area contributed by atoms with Gasteiger partial charge >= 0.3 is 5.97 Å². The van der Waals surface area contributed by atoms with Gasteiger partial charge < -0.3 is 19.7 Å². The van der Waals surface area contributed by atoms with Gasteiger partial charge in [0, 0.05) is 36.6 Å². The molecule has 9 heteroatoms. The minimum atomic E-state index is -0.493. The Morgan fingerprint density at radius 1 is 1.25 bits per heavy atom. The third-order valence-corrected chi connectivity index (χ3v) is 5.85. The van der Waals surface area contributed by atoms with Crippen molar-refractivity contribution < 1.29 is 18.7 Å². The molecule has 1 fully saturated rings. The van der Waals surface area contributed by atoms with E-state index in [1.165, 1.54) is 18.2 Å². The predicted molar refractivity (Wildman–Crippen MR) is 140 cm³/mol. The van der Waals surface area contributed by atoms with Crippen LogP contribution in [0.1, 0.15) is 26.3 Å². The smallest absolute Gasteiger partial charge is 0.330 e. The normalized spacial score (nSPS) is 17.9. The van der Waals surface area contributed by atoms with Gasteiger partial charge in [-0.1, -0.05) is 29.8 Å². The number of benzene rings is 2. The van der Waals surface area contributed by atoms with E-state index >= 15 is 0 Å². The molecule has 2 atom stereocenters. The quantitative estimate of drug-likeness (QED) is 0.314. The Morgan fingerprint density at radius 2 is 2.03 bits per heavy atom. The number of ether oxygens (including phenoxy) is 2. The molecule has 7 nitrogen and oxygen atoms in total. The molecule has 0 saturated carbocycles. The molecule has 0 amide bonds. The van der Waals surface area contributed by atoms with Gasteiger partial charge in [0.15, 0.2) is 0 Å². The number of esters is 1. The highest BCUT2D eigenvalue weighted by molar-refractivity contribution is 6.31. The van der Waals surface area contributed by atoms with E-state index in [1.807, 2.05) is 38.1 Å². The Bertz CT molecular complexity index is 1260. The van der Waals surface area contributed by atoms with E-state index < -0.39 is 5.82 Å². The minimum absolute atomic E-state index is 0.0142. The van der Waals surface area contributed by atoms with E-state index in [2.05, 4.69) is 15.2 Å². The molecule has 1 aromatic heterocycles. The molecule has 1 aliphatic rings. The summed E-state index contributed by atoms with van der Waals surface area (Å²) in [6.45, 7) is 7.49. The summed E-state index contributed by atoms with van der Waals surface area (Å²) in [6, 6.07) is 12.1. The molecule has 0 radical (unpaired) electrons. The number of halogens is 2. The topological polar surface area (TPSA) is 76.6 Å². The van der Waals surface area contributed by atoms with Gasteiger partial charge in [-0.3, -0.25) is 0 Å². The van der Waals surface area contributed by atoms with E-state index in [0.29, 0.717) is 31.3 Å². The number of rotatable bonds is 7. The lowest BCUT2D eigenvalue weighted by Crippen LogP contribution is -2.46. The first-order chi connectivity index (χ1) is 17.3. The van der Waals surface area contributed by atoms with Crippen LogP contribution in [0.15, 0.2) is 54.7 Å². The fourth-order valence-electron chi connectivity index (χ4n) is 4.10. The number of carbonyl (C=O) groups excluding carboxylic acids is 1. The molecule has 188 valence electrons. The second kappa shape index (κ2) is 11.5. The Labute approximate surface area is 214 Å². The molecule has 2 unspecified atom stereocenters. The highest BCUT2D eigenvalue weighted by Gasteiger charge is 2.26. The van der Waals surface area contributed by atoms with Gasteiger partial charge in [0.1, 0.15) is 11.6 Å². The monoisotopic (exact) mass is 510 g/mol. The van der Waals surface area contributed by atoms with Crippen molar-refractivity contribution in [3.05, 3.63) is 71.1 Å². The van der Waals surface area contributed by atoms with Crippen LogP contribution in [0.2, 0.25) is 5.02 Å². The molecule has 0 spiro atoms. The maximum atomic E-state index is 13.6. The Hall–Kier alpha value is -3.49. The molecule has 0 aliphatic carbocycles. The minimum Gasteiger partial charge on any atom is -0.463 e. The van der Waals surface area contributed by atoms with Crippen molar-refractivity contribution >= 4 is 41.1 Å². The summed E-state index contributed by atoms with van der Waals surface area (Å²) in [7, 11) is 0. The van der Waals surface area contributed by atoms with Crippen molar-refractivity contribution in [2.45, 2.75) is 33.0 Å². The maximum Gasteiger partial charge on any atom is 0.330 e. The van der Waals surface area contributed by atoms with Crippen LogP contribution in [0.25, 0.3) is 17.2 Å². The lowest BCUT2D eigenvalue weighted by molar-refractivity contribution is -0.137. The third kappa shape index (κ3) is 6.38. The summed E-state index contributed by atoms with van der Waals surface area (Å²) < 4.78 is 24.5. The molecule has 2 aromatic carbocycles. The number of aromatic nitrogens is 2. The van der Waals surface area contributed by atoms with Crippen molar-refractivity contribution in [3.63, 3.8) is 0 Å². The number of hydrogen-bond acceptors (Lipinski definition) is 7. The van der Waals surface area contributed by atoms with Crippen molar-refractivity contribution in [1.29, 1.82) is 0 Å². The summed E-state index contributed by atoms with van der Waals surface area (Å²) >= 11 is 5.94. The largest absolute Gasteiger partial charge is 0.463 e. The molecule has 1 aliphatic heterocycles. The van der Waals surface area contributed by atoms with Crippen molar-refractivity contribution in [2.75, 3.05) is 29.9 Å². The first-order valence-electron chi connectivity index (χ1n) is 11.8. The van der Waals surface area contributed by atoms with Crippen LogP contribution in [0, 0.1) is 5.82 Å². The van der Waals surface area contributed by atoms with E-state index in [1.54, 1.807) is 25.3 Å². The number of anilines is 3. The molecule has 1 N–H and O–H groups in total.